The smallest absolute Gasteiger partial charge is 0.335 e. The Labute approximate surface area is 94.3 Å². The van der Waals surface area contributed by atoms with Crippen LogP contribution in [0.1, 0.15) is 28.5 Å². The third kappa shape index (κ3) is 1.40. The summed E-state index contributed by atoms with van der Waals surface area (Å²) in [5.41, 5.74) is 3.90. The predicted molar refractivity (Wildman–Crippen MR) is 64.0 cm³/mol. The normalized spacial score (nSPS) is 10.9. The molecule has 0 aliphatic heterocycles. The van der Waals surface area contributed by atoms with Crippen molar-refractivity contribution in [1.29, 1.82) is 0 Å². The third-order valence-electron chi connectivity index (χ3n) is 3.22. The Hall–Kier alpha value is -1.77. The van der Waals surface area contributed by atoms with Gasteiger partial charge in [-0.1, -0.05) is 6.92 Å². The Morgan fingerprint density at radius 1 is 1.44 bits per heavy atom. The van der Waals surface area contributed by atoms with Gasteiger partial charge in [0.2, 0.25) is 0 Å². The zero-order valence-electron chi connectivity index (χ0n) is 9.74. The molecule has 0 atom stereocenters. The number of hydrogen-bond donors (Lipinski definition) is 1. The molecule has 0 saturated heterocycles. The minimum Gasteiger partial charge on any atom is -0.478 e. The first-order chi connectivity index (χ1) is 7.56. The van der Waals surface area contributed by atoms with Crippen LogP contribution in [0.2, 0.25) is 0 Å². The Kier molecular flexibility index (Phi) is 2.46. The average molecular weight is 217 g/mol. The third-order valence-corrected chi connectivity index (χ3v) is 3.22. The van der Waals surface area contributed by atoms with Crippen LogP contribution in [0, 0.1) is 6.92 Å². The highest BCUT2D eigenvalue weighted by atomic mass is 16.4. The number of nitrogens with zero attached hydrogens (tertiary/aromatic N) is 1. The molecule has 16 heavy (non-hydrogen) atoms. The van der Waals surface area contributed by atoms with Gasteiger partial charge in [-0.05, 0) is 37.1 Å². The van der Waals surface area contributed by atoms with Crippen molar-refractivity contribution in [1.82, 2.24) is 4.57 Å². The molecular formula is C13H15NO2. The average Bonchev–Trinajstić information content (AvgIpc) is 2.51. The maximum Gasteiger partial charge on any atom is 0.335 e. The van der Waals surface area contributed by atoms with E-state index >= 15 is 0 Å². The molecule has 2 aromatic rings. The van der Waals surface area contributed by atoms with Gasteiger partial charge in [0.25, 0.3) is 0 Å². The fourth-order valence-electron chi connectivity index (χ4n) is 2.23. The first-order valence-electron chi connectivity index (χ1n) is 5.37. The van der Waals surface area contributed by atoms with E-state index in [2.05, 4.69) is 18.4 Å². The number of carbonyl (C=O) groups is 1. The molecule has 3 nitrogen and oxygen atoms in total. The molecule has 0 spiro atoms. The quantitative estimate of drug-likeness (QED) is 0.840. The maximum atomic E-state index is 10.9. The molecule has 2 rings (SSSR count). The van der Waals surface area contributed by atoms with Gasteiger partial charge >= 0.3 is 5.97 Å². The number of carboxylic acids is 1. The number of aromatic nitrogens is 1. The number of fused-ring (bicyclic) bond motifs is 1. The Morgan fingerprint density at radius 3 is 2.69 bits per heavy atom. The summed E-state index contributed by atoms with van der Waals surface area (Å²) in [7, 11) is 2.01. The van der Waals surface area contributed by atoms with Crippen LogP contribution in [-0.4, -0.2) is 15.6 Å². The molecule has 3 heteroatoms. The summed E-state index contributed by atoms with van der Waals surface area (Å²) < 4.78 is 2.11. The lowest BCUT2D eigenvalue weighted by Crippen LogP contribution is -1.95. The number of carboxylic acid groups (broad SMARTS) is 1. The topological polar surface area (TPSA) is 42.2 Å². The largest absolute Gasteiger partial charge is 0.478 e. The van der Waals surface area contributed by atoms with E-state index in [4.69, 9.17) is 5.11 Å². The van der Waals surface area contributed by atoms with E-state index in [-0.39, 0.29) is 0 Å². The van der Waals surface area contributed by atoms with E-state index in [1.807, 2.05) is 13.1 Å². The number of hydrogen-bond acceptors (Lipinski definition) is 1. The van der Waals surface area contributed by atoms with Crippen molar-refractivity contribution >= 4 is 16.9 Å². The summed E-state index contributed by atoms with van der Waals surface area (Å²) in [4.78, 5) is 10.9. The van der Waals surface area contributed by atoms with E-state index < -0.39 is 5.97 Å². The standard InChI is InChI=1S/C13H15NO2/c1-4-10-8(2)14(3)12-6-5-9(13(15)16)7-11(10)12/h5-7H,4H2,1-3H3,(H,15,16). The van der Waals surface area contributed by atoms with Gasteiger partial charge in [-0.15, -0.1) is 0 Å². The van der Waals surface area contributed by atoms with Gasteiger partial charge in [-0.2, -0.15) is 0 Å². The first-order valence-corrected chi connectivity index (χ1v) is 5.37. The van der Waals surface area contributed by atoms with Crippen molar-refractivity contribution in [3.8, 4) is 0 Å². The molecule has 1 heterocycles. The molecule has 1 N–H and O–H groups in total. The Balaban J connectivity index is 2.81. The van der Waals surface area contributed by atoms with Gasteiger partial charge in [-0.25, -0.2) is 4.79 Å². The van der Waals surface area contributed by atoms with Crippen molar-refractivity contribution in [2.45, 2.75) is 20.3 Å². The number of benzene rings is 1. The van der Waals surface area contributed by atoms with Crippen molar-refractivity contribution in [2.24, 2.45) is 7.05 Å². The highest BCUT2D eigenvalue weighted by Gasteiger charge is 2.12. The molecule has 1 aromatic heterocycles. The number of rotatable bonds is 2. The second-order valence-corrected chi connectivity index (χ2v) is 4.01. The fourth-order valence-corrected chi connectivity index (χ4v) is 2.23. The summed E-state index contributed by atoms with van der Waals surface area (Å²) in [6.07, 6.45) is 0.923. The number of aromatic carboxylic acids is 1. The molecule has 0 fully saturated rings. The molecule has 0 aliphatic rings. The van der Waals surface area contributed by atoms with E-state index in [1.165, 1.54) is 11.3 Å². The molecule has 0 aliphatic carbocycles. The Morgan fingerprint density at radius 2 is 2.12 bits per heavy atom. The van der Waals surface area contributed by atoms with Gasteiger partial charge < -0.3 is 9.67 Å². The molecule has 0 bridgehead atoms. The first kappa shape index (κ1) is 10.7. The van der Waals surface area contributed by atoms with Crippen molar-refractivity contribution in [2.75, 3.05) is 0 Å². The molecule has 0 radical (unpaired) electrons. The Bertz CT molecular complexity index is 567. The van der Waals surface area contributed by atoms with Gasteiger partial charge in [0, 0.05) is 23.6 Å². The highest BCUT2D eigenvalue weighted by Crippen LogP contribution is 2.26. The van der Waals surface area contributed by atoms with Crippen molar-refractivity contribution < 1.29 is 9.90 Å². The molecule has 0 saturated carbocycles. The molecule has 84 valence electrons. The van der Waals surface area contributed by atoms with Gasteiger partial charge in [0.05, 0.1) is 5.56 Å². The maximum absolute atomic E-state index is 10.9. The predicted octanol–water partition coefficient (Wildman–Crippen LogP) is 2.75. The van der Waals surface area contributed by atoms with E-state index in [1.54, 1.807) is 12.1 Å². The lowest BCUT2D eigenvalue weighted by Gasteiger charge is -1.98. The lowest BCUT2D eigenvalue weighted by molar-refractivity contribution is 0.0697. The van der Waals surface area contributed by atoms with Crippen LogP contribution in [0.25, 0.3) is 10.9 Å². The number of aryl methyl sites for hydroxylation is 2. The van der Waals surface area contributed by atoms with Gasteiger partial charge in [-0.3, -0.25) is 0 Å². The fraction of sp³-hybridized carbons (Fsp3) is 0.308. The molecule has 0 unspecified atom stereocenters. The minimum atomic E-state index is -0.870. The zero-order chi connectivity index (χ0) is 11.9. The SMILES string of the molecule is CCc1c(C)n(C)c2ccc(C(=O)O)cc12. The van der Waals surface area contributed by atoms with Crippen LogP contribution in [0.3, 0.4) is 0 Å². The van der Waals surface area contributed by atoms with Crippen LogP contribution in [0.15, 0.2) is 18.2 Å². The van der Waals surface area contributed by atoms with Gasteiger partial charge in [0.1, 0.15) is 0 Å². The van der Waals surface area contributed by atoms with Crippen molar-refractivity contribution in [3.63, 3.8) is 0 Å². The van der Waals surface area contributed by atoms with Crippen LogP contribution in [0.4, 0.5) is 0 Å². The monoisotopic (exact) mass is 217 g/mol. The van der Waals surface area contributed by atoms with E-state index in [0.717, 1.165) is 17.3 Å². The second kappa shape index (κ2) is 3.67. The van der Waals surface area contributed by atoms with E-state index in [9.17, 15) is 4.79 Å². The van der Waals surface area contributed by atoms with E-state index in [0.29, 0.717) is 5.56 Å². The summed E-state index contributed by atoms with van der Waals surface area (Å²) in [5.74, 6) is -0.870. The second-order valence-electron chi connectivity index (χ2n) is 4.01. The van der Waals surface area contributed by atoms with Crippen LogP contribution in [0.5, 0.6) is 0 Å². The highest BCUT2D eigenvalue weighted by molar-refractivity contribution is 5.95. The van der Waals surface area contributed by atoms with Crippen LogP contribution >= 0.6 is 0 Å². The molecule has 1 aromatic carbocycles. The van der Waals surface area contributed by atoms with Crippen LogP contribution < -0.4 is 0 Å². The summed E-state index contributed by atoms with van der Waals surface area (Å²) in [6, 6.07) is 5.30. The summed E-state index contributed by atoms with van der Waals surface area (Å²) in [5, 5.41) is 10.0. The molecular weight excluding hydrogens is 202 g/mol. The molecule has 0 amide bonds. The zero-order valence-corrected chi connectivity index (χ0v) is 9.74. The van der Waals surface area contributed by atoms with Crippen LogP contribution in [-0.2, 0) is 13.5 Å². The summed E-state index contributed by atoms with van der Waals surface area (Å²) >= 11 is 0. The summed E-state index contributed by atoms with van der Waals surface area (Å²) in [6.45, 7) is 4.16. The minimum absolute atomic E-state index is 0.354. The van der Waals surface area contributed by atoms with Crippen molar-refractivity contribution in [3.05, 3.63) is 35.0 Å². The lowest BCUT2D eigenvalue weighted by atomic mass is 10.1. The van der Waals surface area contributed by atoms with Gasteiger partial charge in [0.15, 0.2) is 0 Å².